The van der Waals surface area contributed by atoms with E-state index >= 15 is 0 Å². The van der Waals surface area contributed by atoms with Crippen LogP contribution in [0.5, 0.6) is 0 Å². The van der Waals surface area contributed by atoms with Crippen LogP contribution in [-0.2, 0) is 4.79 Å². The molecule has 4 aromatic rings. The molecule has 0 spiro atoms. The van der Waals surface area contributed by atoms with E-state index in [1.165, 1.54) is 0 Å². The number of nitrogens with one attached hydrogen (secondary N) is 1. The Labute approximate surface area is 172 Å². The number of rotatable bonds is 6. The topological polar surface area (TPSA) is 110 Å². The lowest BCUT2D eigenvalue weighted by Crippen LogP contribution is -2.14. The van der Waals surface area contributed by atoms with Crippen molar-refractivity contribution < 1.29 is 14.7 Å². The fourth-order valence-electron chi connectivity index (χ4n) is 3.41. The van der Waals surface area contributed by atoms with Crippen LogP contribution in [0.3, 0.4) is 0 Å². The number of imidazole rings is 1. The van der Waals surface area contributed by atoms with Crippen LogP contribution in [0, 0.1) is 0 Å². The molecule has 30 heavy (non-hydrogen) atoms. The first-order valence-electron chi connectivity index (χ1n) is 9.41. The number of carboxylic acid groups (broad SMARTS) is 1. The molecule has 4 rings (SSSR count). The standard InChI is InChI=1S/C23H20N4O3/c24-17-8-6-16(7-9-17)23(30)26-18-10-11-20-19(12-18)25-14-27(20)21(13-22(28)29)15-4-2-1-3-5-15/h1-12,14,21H,13,24H2,(H,26,30)(H,28,29). The van der Waals surface area contributed by atoms with E-state index < -0.39 is 5.97 Å². The van der Waals surface area contributed by atoms with E-state index in [9.17, 15) is 14.7 Å². The Kier molecular flexibility index (Phi) is 5.17. The molecule has 4 N–H and O–H groups in total. The van der Waals surface area contributed by atoms with Crippen molar-refractivity contribution in [2.75, 3.05) is 11.1 Å². The largest absolute Gasteiger partial charge is 0.481 e. The van der Waals surface area contributed by atoms with Gasteiger partial charge >= 0.3 is 5.97 Å². The van der Waals surface area contributed by atoms with E-state index in [1.807, 2.05) is 41.0 Å². The molecule has 1 unspecified atom stereocenters. The number of hydrogen-bond acceptors (Lipinski definition) is 4. The minimum Gasteiger partial charge on any atom is -0.481 e. The van der Waals surface area contributed by atoms with Crippen molar-refractivity contribution in [3.8, 4) is 0 Å². The molecule has 0 fully saturated rings. The van der Waals surface area contributed by atoms with E-state index in [1.54, 1.807) is 42.7 Å². The molecule has 0 saturated carbocycles. The Hall–Kier alpha value is -4.13. The zero-order chi connectivity index (χ0) is 21.1. The quantitative estimate of drug-likeness (QED) is 0.425. The first-order valence-corrected chi connectivity index (χ1v) is 9.41. The summed E-state index contributed by atoms with van der Waals surface area (Å²) in [6, 6.07) is 21.1. The molecule has 0 aliphatic rings. The third kappa shape index (κ3) is 4.00. The zero-order valence-corrected chi connectivity index (χ0v) is 16.0. The highest BCUT2D eigenvalue weighted by atomic mass is 16.4. The first kappa shape index (κ1) is 19.2. The van der Waals surface area contributed by atoms with Crippen molar-refractivity contribution in [3.05, 3.63) is 90.3 Å². The van der Waals surface area contributed by atoms with Crippen molar-refractivity contribution >= 4 is 34.3 Å². The van der Waals surface area contributed by atoms with Crippen LogP contribution in [0.1, 0.15) is 28.4 Å². The SMILES string of the molecule is Nc1ccc(C(=O)Nc2ccc3c(c2)ncn3C(CC(=O)O)c2ccccc2)cc1. The summed E-state index contributed by atoms with van der Waals surface area (Å²) in [6.45, 7) is 0. The first-order chi connectivity index (χ1) is 14.5. The number of carbonyl (C=O) groups excluding carboxylic acids is 1. The van der Waals surface area contributed by atoms with Crippen molar-refractivity contribution in [1.82, 2.24) is 9.55 Å². The Morgan fingerprint density at radius 3 is 2.47 bits per heavy atom. The average Bonchev–Trinajstić information content (AvgIpc) is 3.16. The van der Waals surface area contributed by atoms with Crippen LogP contribution in [0.2, 0.25) is 0 Å². The summed E-state index contributed by atoms with van der Waals surface area (Å²) >= 11 is 0. The van der Waals surface area contributed by atoms with Crippen LogP contribution in [0.25, 0.3) is 11.0 Å². The van der Waals surface area contributed by atoms with Crippen molar-refractivity contribution in [2.24, 2.45) is 0 Å². The maximum atomic E-state index is 12.4. The van der Waals surface area contributed by atoms with Gasteiger partial charge in [0.15, 0.2) is 0 Å². The number of nitrogen functional groups attached to an aromatic ring is 1. The molecule has 7 nitrogen and oxygen atoms in total. The number of carboxylic acids is 1. The number of nitrogens with zero attached hydrogens (tertiary/aromatic N) is 2. The third-order valence-corrected chi connectivity index (χ3v) is 4.89. The fraction of sp³-hybridized carbons (Fsp3) is 0.0870. The third-order valence-electron chi connectivity index (χ3n) is 4.89. The van der Waals surface area contributed by atoms with Gasteiger partial charge in [0.2, 0.25) is 0 Å². The second kappa shape index (κ2) is 8.08. The van der Waals surface area contributed by atoms with Gasteiger partial charge in [0.25, 0.3) is 5.91 Å². The molecule has 7 heteroatoms. The predicted octanol–water partition coefficient (Wildman–Crippen LogP) is 3.93. The number of nitrogens with two attached hydrogens (primary N) is 1. The monoisotopic (exact) mass is 400 g/mol. The molecule has 3 aromatic carbocycles. The number of carbonyl (C=O) groups is 2. The normalized spacial score (nSPS) is 11.9. The average molecular weight is 400 g/mol. The van der Waals surface area contributed by atoms with E-state index in [0.717, 1.165) is 11.1 Å². The van der Waals surface area contributed by atoms with E-state index in [-0.39, 0.29) is 18.4 Å². The summed E-state index contributed by atoms with van der Waals surface area (Å²) in [6.07, 6.45) is 1.57. The summed E-state index contributed by atoms with van der Waals surface area (Å²) < 4.78 is 1.85. The Morgan fingerprint density at radius 2 is 1.77 bits per heavy atom. The molecule has 0 bridgehead atoms. The van der Waals surface area contributed by atoms with Crippen molar-refractivity contribution in [1.29, 1.82) is 0 Å². The van der Waals surface area contributed by atoms with Crippen LogP contribution in [-0.4, -0.2) is 26.5 Å². The van der Waals surface area contributed by atoms with E-state index in [0.29, 0.717) is 22.5 Å². The van der Waals surface area contributed by atoms with Gasteiger partial charge in [-0.25, -0.2) is 4.98 Å². The van der Waals surface area contributed by atoms with Gasteiger partial charge in [-0.3, -0.25) is 9.59 Å². The van der Waals surface area contributed by atoms with Gasteiger partial charge in [0.1, 0.15) is 0 Å². The second-order valence-electron chi connectivity index (χ2n) is 6.96. The lowest BCUT2D eigenvalue weighted by Gasteiger charge is -2.18. The molecular weight excluding hydrogens is 380 g/mol. The number of fused-ring (bicyclic) bond motifs is 1. The van der Waals surface area contributed by atoms with E-state index in [4.69, 9.17) is 5.73 Å². The van der Waals surface area contributed by atoms with Gasteiger partial charge in [0.05, 0.1) is 29.8 Å². The maximum absolute atomic E-state index is 12.4. The lowest BCUT2D eigenvalue weighted by atomic mass is 10.0. The number of aromatic nitrogens is 2. The summed E-state index contributed by atoms with van der Waals surface area (Å²) in [4.78, 5) is 28.3. The van der Waals surface area contributed by atoms with Crippen LogP contribution in [0.15, 0.2) is 79.1 Å². The van der Waals surface area contributed by atoms with Crippen LogP contribution >= 0.6 is 0 Å². The summed E-state index contributed by atoms with van der Waals surface area (Å²) in [5, 5.41) is 12.2. The minimum atomic E-state index is -0.891. The zero-order valence-electron chi connectivity index (χ0n) is 16.0. The van der Waals surface area contributed by atoms with E-state index in [2.05, 4.69) is 10.3 Å². The van der Waals surface area contributed by atoms with Gasteiger partial charge in [-0.1, -0.05) is 30.3 Å². The van der Waals surface area contributed by atoms with Gasteiger partial charge in [-0.2, -0.15) is 0 Å². The van der Waals surface area contributed by atoms with Gasteiger partial charge in [0, 0.05) is 16.9 Å². The molecule has 1 heterocycles. The minimum absolute atomic E-state index is 0.0644. The maximum Gasteiger partial charge on any atom is 0.305 e. The molecule has 1 atom stereocenters. The molecule has 0 saturated heterocycles. The Balaban J connectivity index is 1.63. The van der Waals surface area contributed by atoms with Gasteiger partial charge < -0.3 is 20.7 Å². The number of amides is 1. The molecule has 1 aromatic heterocycles. The summed E-state index contributed by atoms with van der Waals surface area (Å²) in [7, 11) is 0. The van der Waals surface area contributed by atoms with Gasteiger partial charge in [-0.05, 0) is 48.0 Å². The summed E-state index contributed by atoms with van der Waals surface area (Å²) in [5.74, 6) is -1.14. The molecule has 0 aliphatic heterocycles. The smallest absolute Gasteiger partial charge is 0.305 e. The number of benzene rings is 3. The molecule has 0 aliphatic carbocycles. The second-order valence-corrected chi connectivity index (χ2v) is 6.96. The highest BCUT2D eigenvalue weighted by Gasteiger charge is 2.20. The molecule has 150 valence electrons. The molecule has 0 radical (unpaired) electrons. The Morgan fingerprint density at radius 1 is 1.03 bits per heavy atom. The highest BCUT2D eigenvalue weighted by molar-refractivity contribution is 6.05. The number of aliphatic carboxylic acids is 1. The lowest BCUT2D eigenvalue weighted by molar-refractivity contribution is -0.137. The van der Waals surface area contributed by atoms with Gasteiger partial charge in [-0.15, -0.1) is 0 Å². The molecule has 1 amide bonds. The summed E-state index contributed by atoms with van der Waals surface area (Å²) in [5.41, 5.74) is 9.69. The van der Waals surface area contributed by atoms with Crippen LogP contribution in [0.4, 0.5) is 11.4 Å². The van der Waals surface area contributed by atoms with Crippen molar-refractivity contribution in [3.63, 3.8) is 0 Å². The molecular formula is C23H20N4O3. The highest BCUT2D eigenvalue weighted by Crippen LogP contribution is 2.28. The number of hydrogen-bond donors (Lipinski definition) is 3. The fourth-order valence-corrected chi connectivity index (χ4v) is 3.41. The van der Waals surface area contributed by atoms with Crippen molar-refractivity contribution in [2.45, 2.75) is 12.5 Å². The van der Waals surface area contributed by atoms with Crippen LogP contribution < -0.4 is 11.1 Å². The predicted molar refractivity (Wildman–Crippen MR) is 115 cm³/mol. The Bertz CT molecular complexity index is 1200. The number of anilines is 2.